The monoisotopic (exact) mass is 372 g/mol. The van der Waals surface area contributed by atoms with E-state index in [4.69, 9.17) is 0 Å². The Hall–Kier alpha value is -0.160. The molecule has 0 bridgehead atoms. The first-order valence-corrected chi connectivity index (χ1v) is 7.95. The summed E-state index contributed by atoms with van der Waals surface area (Å²) in [6, 6.07) is 10.7. The lowest BCUT2D eigenvalue weighted by Gasteiger charge is -1.94. The fourth-order valence-electron chi connectivity index (χ4n) is 1.60. The fourth-order valence-corrected chi connectivity index (χ4v) is 4.68. The molecule has 0 aliphatic carbocycles. The zero-order valence-corrected chi connectivity index (χ0v) is 12.8. The average molecular weight is 374 g/mol. The third-order valence-electron chi connectivity index (χ3n) is 2.35. The quantitative estimate of drug-likeness (QED) is 0.479. The van der Waals surface area contributed by atoms with Crippen LogP contribution in [0.25, 0.3) is 19.8 Å². The smallest absolute Gasteiger partial charge is 0.0503 e. The maximum Gasteiger partial charge on any atom is 0.0503 e. The maximum atomic E-state index is 3.60. The van der Waals surface area contributed by atoms with E-state index in [0.717, 1.165) is 4.47 Å². The van der Waals surface area contributed by atoms with Crippen LogP contribution < -0.4 is 0 Å². The van der Waals surface area contributed by atoms with Gasteiger partial charge in [-0.05, 0) is 45.6 Å². The van der Waals surface area contributed by atoms with Crippen LogP contribution in [0.2, 0.25) is 0 Å². The van der Waals surface area contributed by atoms with Crippen molar-refractivity contribution in [2.24, 2.45) is 0 Å². The normalized spacial score (nSPS) is 11.1. The lowest BCUT2D eigenvalue weighted by Crippen LogP contribution is -1.67. The third-order valence-corrected chi connectivity index (χ3v) is 6.20. The molecule has 2 aromatic heterocycles. The molecule has 80 valence electrons. The largest absolute Gasteiger partial charge is 0.143 e. The van der Waals surface area contributed by atoms with Gasteiger partial charge in [-0.3, -0.25) is 0 Å². The van der Waals surface area contributed by atoms with Crippen molar-refractivity contribution >= 4 is 64.6 Å². The summed E-state index contributed by atoms with van der Waals surface area (Å²) in [5.41, 5.74) is 0. The Morgan fingerprint density at radius 3 is 2.44 bits per heavy atom. The maximum absolute atomic E-state index is 3.60. The van der Waals surface area contributed by atoms with Crippen molar-refractivity contribution < 1.29 is 0 Å². The molecule has 0 radical (unpaired) electrons. The van der Waals surface area contributed by atoms with Crippen LogP contribution in [0.1, 0.15) is 0 Å². The Labute approximate surface area is 118 Å². The highest BCUT2D eigenvalue weighted by Crippen LogP contribution is 2.41. The molecule has 0 unspecified atom stereocenters. The predicted molar refractivity (Wildman–Crippen MR) is 80.5 cm³/mol. The minimum Gasteiger partial charge on any atom is -0.143 e. The third kappa shape index (κ3) is 1.78. The van der Waals surface area contributed by atoms with Crippen molar-refractivity contribution in [2.75, 3.05) is 0 Å². The zero-order valence-electron chi connectivity index (χ0n) is 8.04. The Morgan fingerprint density at radius 1 is 0.938 bits per heavy atom. The van der Waals surface area contributed by atoms with Crippen molar-refractivity contribution in [3.8, 4) is 9.75 Å². The van der Waals surface area contributed by atoms with Crippen LogP contribution in [0.15, 0.2) is 44.7 Å². The van der Waals surface area contributed by atoms with Gasteiger partial charge in [0.1, 0.15) is 0 Å². The van der Waals surface area contributed by atoms with Gasteiger partial charge in [0.15, 0.2) is 0 Å². The summed E-state index contributed by atoms with van der Waals surface area (Å²) in [6.07, 6.45) is 0. The summed E-state index contributed by atoms with van der Waals surface area (Å²) in [7, 11) is 0. The lowest BCUT2D eigenvalue weighted by atomic mass is 10.2. The number of benzene rings is 1. The molecule has 0 saturated heterocycles. The highest BCUT2D eigenvalue weighted by atomic mass is 79.9. The van der Waals surface area contributed by atoms with Gasteiger partial charge in [0.2, 0.25) is 0 Å². The minimum atomic E-state index is 1.16. The molecule has 4 heteroatoms. The second-order valence-corrected chi connectivity index (χ2v) is 7.07. The second kappa shape index (κ2) is 4.26. The van der Waals surface area contributed by atoms with Crippen LogP contribution in [0.5, 0.6) is 0 Å². The van der Waals surface area contributed by atoms with Gasteiger partial charge in [0.25, 0.3) is 0 Å². The van der Waals surface area contributed by atoms with Crippen LogP contribution in [0.3, 0.4) is 0 Å². The van der Waals surface area contributed by atoms with Gasteiger partial charge in [-0.2, -0.15) is 0 Å². The number of halogens is 2. The van der Waals surface area contributed by atoms with Crippen LogP contribution in [0.4, 0.5) is 0 Å². The van der Waals surface area contributed by atoms with E-state index in [0.29, 0.717) is 0 Å². The van der Waals surface area contributed by atoms with Crippen molar-refractivity contribution in [1.82, 2.24) is 0 Å². The standard InChI is InChI=1S/C12H6Br2S2/c13-8-3-4-9(14)12-7(8)6-11(16-12)10-2-1-5-15-10/h1-6H. The highest BCUT2D eigenvalue weighted by Gasteiger charge is 2.09. The number of fused-ring (bicyclic) bond motifs is 1. The minimum absolute atomic E-state index is 1.16. The van der Waals surface area contributed by atoms with Crippen LogP contribution in [-0.4, -0.2) is 0 Å². The van der Waals surface area contributed by atoms with Gasteiger partial charge in [-0.15, -0.1) is 22.7 Å². The van der Waals surface area contributed by atoms with E-state index in [1.54, 1.807) is 11.3 Å². The van der Waals surface area contributed by atoms with Crippen LogP contribution in [-0.2, 0) is 0 Å². The number of rotatable bonds is 1. The molecular weight excluding hydrogens is 368 g/mol. The Kier molecular flexibility index (Phi) is 2.92. The molecule has 3 aromatic rings. The summed E-state index contributed by atoms with van der Waals surface area (Å²) in [5, 5.41) is 3.40. The molecule has 2 heterocycles. The molecule has 0 atom stereocenters. The zero-order chi connectivity index (χ0) is 11.1. The molecule has 0 amide bonds. The molecule has 1 aromatic carbocycles. The van der Waals surface area contributed by atoms with Crippen LogP contribution in [0, 0.1) is 0 Å². The molecule has 0 fully saturated rings. The molecule has 0 aliphatic rings. The average Bonchev–Trinajstić information content (AvgIpc) is 2.90. The summed E-state index contributed by atoms with van der Waals surface area (Å²) >= 11 is 10.8. The van der Waals surface area contributed by atoms with E-state index in [1.165, 1.54) is 24.3 Å². The first kappa shape index (κ1) is 11.0. The first-order chi connectivity index (χ1) is 7.75. The molecule has 16 heavy (non-hydrogen) atoms. The molecular formula is C12H6Br2S2. The van der Waals surface area contributed by atoms with Gasteiger partial charge in [-0.1, -0.05) is 22.0 Å². The van der Waals surface area contributed by atoms with E-state index < -0.39 is 0 Å². The van der Waals surface area contributed by atoms with E-state index in [9.17, 15) is 0 Å². The van der Waals surface area contributed by atoms with E-state index in [2.05, 4.69) is 67.6 Å². The van der Waals surface area contributed by atoms with Crippen molar-refractivity contribution in [3.05, 3.63) is 44.7 Å². The molecule has 0 N–H and O–H groups in total. The lowest BCUT2D eigenvalue weighted by molar-refractivity contribution is 1.74. The number of hydrogen-bond donors (Lipinski definition) is 0. The summed E-state index contributed by atoms with van der Waals surface area (Å²) in [6.45, 7) is 0. The highest BCUT2D eigenvalue weighted by molar-refractivity contribution is 9.11. The Morgan fingerprint density at radius 2 is 1.75 bits per heavy atom. The van der Waals surface area contributed by atoms with E-state index >= 15 is 0 Å². The number of hydrogen-bond acceptors (Lipinski definition) is 2. The molecule has 0 aliphatic heterocycles. The van der Waals surface area contributed by atoms with Gasteiger partial charge in [0, 0.05) is 24.1 Å². The van der Waals surface area contributed by atoms with Crippen molar-refractivity contribution in [3.63, 3.8) is 0 Å². The van der Waals surface area contributed by atoms with Crippen LogP contribution >= 0.6 is 54.5 Å². The SMILES string of the molecule is Brc1ccc(Br)c2sc(-c3cccs3)cc12. The molecule has 3 rings (SSSR count). The summed E-state index contributed by atoms with van der Waals surface area (Å²) in [4.78, 5) is 2.66. The second-order valence-electron chi connectivity index (χ2n) is 3.36. The predicted octanol–water partition coefficient (Wildman–Crippen LogP) is 6.15. The Bertz CT molecular complexity index is 599. The van der Waals surface area contributed by atoms with Gasteiger partial charge in [-0.25, -0.2) is 0 Å². The number of thiophene rings is 2. The van der Waals surface area contributed by atoms with Gasteiger partial charge in [0.05, 0.1) is 4.70 Å². The van der Waals surface area contributed by atoms with E-state index in [-0.39, 0.29) is 0 Å². The molecule has 0 saturated carbocycles. The Balaban J connectivity index is 2.31. The van der Waals surface area contributed by atoms with Crippen molar-refractivity contribution in [1.29, 1.82) is 0 Å². The summed E-state index contributed by atoms with van der Waals surface area (Å²) < 4.78 is 3.63. The first-order valence-electron chi connectivity index (χ1n) is 4.67. The molecule has 0 nitrogen and oxygen atoms in total. The van der Waals surface area contributed by atoms with Crippen molar-refractivity contribution in [2.45, 2.75) is 0 Å². The van der Waals surface area contributed by atoms with Gasteiger partial charge < -0.3 is 0 Å². The fraction of sp³-hybridized carbons (Fsp3) is 0. The van der Waals surface area contributed by atoms with E-state index in [1.807, 2.05) is 11.3 Å². The summed E-state index contributed by atoms with van der Waals surface area (Å²) in [5.74, 6) is 0. The topological polar surface area (TPSA) is 0 Å². The molecule has 0 spiro atoms. The van der Waals surface area contributed by atoms with Gasteiger partial charge >= 0.3 is 0 Å².